The van der Waals surface area contributed by atoms with Crippen molar-refractivity contribution in [1.29, 1.82) is 0 Å². The number of carbonyl (C=O) groups excluding carboxylic acids is 1. The summed E-state index contributed by atoms with van der Waals surface area (Å²) in [7, 11) is 0. The molecule has 0 bridgehead atoms. The molecule has 0 spiro atoms. The fourth-order valence-electron chi connectivity index (χ4n) is 1.45. The van der Waals surface area contributed by atoms with Crippen LogP contribution in [0.3, 0.4) is 0 Å². The lowest BCUT2D eigenvalue weighted by molar-refractivity contribution is -0.255. The Kier molecular flexibility index (Phi) is 4.15. The number of hydrogen-bond donors (Lipinski definition) is 1. The van der Waals surface area contributed by atoms with Crippen LogP contribution in [0.5, 0.6) is 0 Å². The van der Waals surface area contributed by atoms with Crippen molar-refractivity contribution >= 4 is 29.5 Å². The van der Waals surface area contributed by atoms with Crippen LogP contribution >= 0.6 is 11.6 Å². The average molecular weight is 274 g/mol. The van der Waals surface area contributed by atoms with Gasteiger partial charge in [-0.2, -0.15) is 5.10 Å². The molecule has 0 amide bonds. The summed E-state index contributed by atoms with van der Waals surface area (Å²) in [6, 6.07) is 13.7. The molecule has 0 aromatic heterocycles. The summed E-state index contributed by atoms with van der Waals surface area (Å²) in [4.78, 5) is 10.7. The molecule has 0 fully saturated rings. The third-order valence-corrected chi connectivity index (χ3v) is 2.73. The fourth-order valence-corrected chi connectivity index (χ4v) is 1.61. The molecule has 2 aromatic carbocycles. The Hall–Kier alpha value is -2.33. The first-order valence-corrected chi connectivity index (χ1v) is 5.89. The van der Waals surface area contributed by atoms with Crippen LogP contribution in [0.25, 0.3) is 0 Å². The molecule has 0 radical (unpaired) electrons. The number of nitrogens with one attached hydrogen (secondary N) is 1. The lowest BCUT2D eigenvalue weighted by atomic mass is 10.2. The van der Waals surface area contributed by atoms with E-state index in [0.717, 1.165) is 5.56 Å². The van der Waals surface area contributed by atoms with Crippen molar-refractivity contribution in [3.8, 4) is 0 Å². The van der Waals surface area contributed by atoms with Gasteiger partial charge < -0.3 is 9.90 Å². The van der Waals surface area contributed by atoms with Crippen molar-refractivity contribution < 1.29 is 9.90 Å². The molecule has 0 aliphatic rings. The molecular formula is C14H10ClN2O2-. The third-order valence-electron chi connectivity index (χ3n) is 2.40. The van der Waals surface area contributed by atoms with E-state index in [2.05, 4.69) is 10.5 Å². The zero-order valence-corrected chi connectivity index (χ0v) is 10.6. The molecule has 4 nitrogen and oxygen atoms in total. The van der Waals surface area contributed by atoms with E-state index in [-0.39, 0.29) is 5.56 Å². The van der Waals surface area contributed by atoms with Crippen LogP contribution in [0.4, 0.5) is 5.69 Å². The summed E-state index contributed by atoms with van der Waals surface area (Å²) < 4.78 is 0. The third kappa shape index (κ3) is 3.56. The predicted molar refractivity (Wildman–Crippen MR) is 73.4 cm³/mol. The van der Waals surface area contributed by atoms with Crippen molar-refractivity contribution in [2.24, 2.45) is 5.10 Å². The van der Waals surface area contributed by atoms with Gasteiger partial charge in [0.05, 0.1) is 22.9 Å². The van der Waals surface area contributed by atoms with Gasteiger partial charge in [-0.1, -0.05) is 48.0 Å². The van der Waals surface area contributed by atoms with Crippen LogP contribution in [0.2, 0.25) is 5.02 Å². The van der Waals surface area contributed by atoms with Gasteiger partial charge in [0.25, 0.3) is 0 Å². The Morgan fingerprint density at radius 1 is 1.21 bits per heavy atom. The van der Waals surface area contributed by atoms with Gasteiger partial charge in [-0.25, -0.2) is 0 Å². The van der Waals surface area contributed by atoms with E-state index >= 15 is 0 Å². The van der Waals surface area contributed by atoms with Gasteiger partial charge in [0.1, 0.15) is 0 Å². The molecule has 1 N–H and O–H groups in total. The first-order chi connectivity index (χ1) is 9.16. The highest BCUT2D eigenvalue weighted by atomic mass is 35.5. The molecule has 0 atom stereocenters. The monoisotopic (exact) mass is 273 g/mol. The van der Waals surface area contributed by atoms with Crippen LogP contribution in [0, 0.1) is 0 Å². The molecule has 0 heterocycles. The number of carbonyl (C=O) groups is 1. The number of hydrogen-bond acceptors (Lipinski definition) is 4. The Balaban J connectivity index is 2.13. The van der Waals surface area contributed by atoms with Gasteiger partial charge in [0.15, 0.2) is 0 Å². The molecule has 0 unspecified atom stereocenters. The van der Waals surface area contributed by atoms with Crippen molar-refractivity contribution in [1.82, 2.24) is 0 Å². The zero-order chi connectivity index (χ0) is 13.7. The molecule has 0 aliphatic carbocycles. The highest BCUT2D eigenvalue weighted by Crippen LogP contribution is 2.22. The zero-order valence-electron chi connectivity index (χ0n) is 9.84. The minimum absolute atomic E-state index is 0.0433. The van der Waals surface area contributed by atoms with E-state index in [1.54, 1.807) is 6.21 Å². The Bertz CT molecular complexity index is 612. The van der Waals surface area contributed by atoms with Crippen LogP contribution in [-0.2, 0) is 0 Å². The predicted octanol–water partition coefficient (Wildman–Crippen LogP) is 2.15. The van der Waals surface area contributed by atoms with Crippen molar-refractivity contribution in [3.05, 3.63) is 64.7 Å². The summed E-state index contributed by atoms with van der Waals surface area (Å²) >= 11 is 5.93. The molecule has 0 saturated heterocycles. The summed E-state index contributed by atoms with van der Waals surface area (Å²) in [5, 5.41) is 15.1. The van der Waals surface area contributed by atoms with Crippen LogP contribution < -0.4 is 10.5 Å². The van der Waals surface area contributed by atoms with E-state index in [9.17, 15) is 9.90 Å². The lowest BCUT2D eigenvalue weighted by Gasteiger charge is -2.07. The van der Waals surface area contributed by atoms with Gasteiger partial charge >= 0.3 is 0 Å². The minimum Gasteiger partial charge on any atom is -0.545 e. The minimum atomic E-state index is -1.26. The van der Waals surface area contributed by atoms with Crippen molar-refractivity contribution in [2.45, 2.75) is 0 Å². The molecule has 19 heavy (non-hydrogen) atoms. The van der Waals surface area contributed by atoms with Gasteiger partial charge in [0.2, 0.25) is 0 Å². The van der Waals surface area contributed by atoms with Gasteiger partial charge in [-0.05, 0) is 23.3 Å². The maximum absolute atomic E-state index is 10.7. The standard InChI is InChI=1S/C14H11ClN2O2/c15-12-7-6-11(14(18)19)8-13(12)17-16-9-10-4-2-1-3-5-10/h1-9,17H,(H,18,19)/p-1/b16-9-. The number of benzene rings is 2. The number of carboxylic acid groups (broad SMARTS) is 1. The number of rotatable bonds is 4. The number of carboxylic acids is 1. The average Bonchev–Trinajstić information content (AvgIpc) is 2.42. The van der Waals surface area contributed by atoms with Gasteiger partial charge in [0, 0.05) is 0 Å². The maximum Gasteiger partial charge on any atom is 0.0754 e. The number of anilines is 1. The van der Waals surface area contributed by atoms with E-state index in [1.807, 2.05) is 30.3 Å². The second-order valence-corrected chi connectivity index (χ2v) is 4.17. The summed E-state index contributed by atoms with van der Waals surface area (Å²) in [6.45, 7) is 0. The second-order valence-electron chi connectivity index (χ2n) is 3.76. The van der Waals surface area contributed by atoms with Crippen LogP contribution in [-0.4, -0.2) is 12.2 Å². The van der Waals surface area contributed by atoms with Crippen LogP contribution in [0.15, 0.2) is 53.6 Å². The number of nitrogens with zero attached hydrogens (tertiary/aromatic N) is 1. The van der Waals surface area contributed by atoms with Gasteiger partial charge in [-0.15, -0.1) is 0 Å². The molecule has 5 heteroatoms. The largest absolute Gasteiger partial charge is 0.545 e. The number of aromatic carboxylic acids is 1. The molecule has 0 aliphatic heterocycles. The van der Waals surface area contributed by atoms with Crippen LogP contribution in [0.1, 0.15) is 15.9 Å². The molecule has 96 valence electrons. The van der Waals surface area contributed by atoms with Crippen molar-refractivity contribution in [3.63, 3.8) is 0 Å². The first-order valence-electron chi connectivity index (χ1n) is 5.52. The first kappa shape index (κ1) is 13.1. The smallest absolute Gasteiger partial charge is 0.0754 e. The summed E-state index contributed by atoms with van der Waals surface area (Å²) in [5.41, 5.74) is 4.08. The fraction of sp³-hybridized carbons (Fsp3) is 0. The quantitative estimate of drug-likeness (QED) is 0.686. The SMILES string of the molecule is O=C([O-])c1ccc(Cl)c(N/N=C\c2ccccc2)c1. The van der Waals surface area contributed by atoms with E-state index in [0.29, 0.717) is 10.7 Å². The summed E-state index contributed by atoms with van der Waals surface area (Å²) in [6.07, 6.45) is 1.61. The molecule has 2 rings (SSSR count). The van der Waals surface area contributed by atoms with E-state index in [4.69, 9.17) is 11.6 Å². The highest BCUT2D eigenvalue weighted by molar-refractivity contribution is 6.33. The Labute approximate surface area is 115 Å². The molecule has 0 saturated carbocycles. The summed E-state index contributed by atoms with van der Waals surface area (Å²) in [5.74, 6) is -1.26. The number of halogens is 1. The number of hydrazone groups is 1. The lowest BCUT2D eigenvalue weighted by Crippen LogP contribution is -2.22. The van der Waals surface area contributed by atoms with Gasteiger partial charge in [-0.3, -0.25) is 5.43 Å². The van der Waals surface area contributed by atoms with Crippen molar-refractivity contribution in [2.75, 3.05) is 5.43 Å². The maximum atomic E-state index is 10.7. The molecule has 2 aromatic rings. The Morgan fingerprint density at radius 2 is 1.95 bits per heavy atom. The van der Waals surface area contributed by atoms with E-state index in [1.165, 1.54) is 18.2 Å². The highest BCUT2D eigenvalue weighted by Gasteiger charge is 2.01. The van der Waals surface area contributed by atoms with E-state index < -0.39 is 5.97 Å². The normalized spacial score (nSPS) is 10.6. The Morgan fingerprint density at radius 3 is 2.63 bits per heavy atom. The topological polar surface area (TPSA) is 64.5 Å². The second kappa shape index (κ2) is 6.02. The molecular weight excluding hydrogens is 264 g/mol.